The van der Waals surface area contributed by atoms with E-state index in [9.17, 15) is 4.79 Å². The van der Waals surface area contributed by atoms with Crippen molar-refractivity contribution in [2.75, 3.05) is 18.4 Å². The van der Waals surface area contributed by atoms with Gasteiger partial charge in [0, 0.05) is 43.5 Å². The number of anilines is 1. The number of aryl methyl sites for hydroxylation is 1. The molecule has 0 aliphatic carbocycles. The molecule has 1 unspecified atom stereocenters. The second-order valence-electron chi connectivity index (χ2n) is 4.64. The predicted molar refractivity (Wildman–Crippen MR) is 72.8 cm³/mol. The third kappa shape index (κ3) is 3.19. The summed E-state index contributed by atoms with van der Waals surface area (Å²) in [5.74, 6) is 1.16. The highest BCUT2D eigenvalue weighted by Crippen LogP contribution is 2.15. The van der Waals surface area contributed by atoms with E-state index in [0.29, 0.717) is 6.42 Å². The van der Waals surface area contributed by atoms with Crippen LogP contribution in [0.1, 0.15) is 38.9 Å². The summed E-state index contributed by atoms with van der Waals surface area (Å²) in [4.78, 5) is 18.1. The summed E-state index contributed by atoms with van der Waals surface area (Å²) in [6.45, 7) is 5.75. The standard InChI is InChI=1S/C12H20N4OS/c1-3-10-14-12(18-15-10)13-8-9(2)16-7-5-4-6-11(16)17/h9H,3-8H2,1-2H3,(H,13,14,15). The molecule has 0 radical (unpaired) electrons. The van der Waals surface area contributed by atoms with Crippen molar-refractivity contribution in [1.82, 2.24) is 14.3 Å². The van der Waals surface area contributed by atoms with Gasteiger partial charge in [-0.3, -0.25) is 4.79 Å². The average molecular weight is 268 g/mol. The van der Waals surface area contributed by atoms with E-state index in [1.165, 1.54) is 11.5 Å². The van der Waals surface area contributed by atoms with E-state index >= 15 is 0 Å². The smallest absolute Gasteiger partial charge is 0.222 e. The number of aromatic nitrogens is 2. The topological polar surface area (TPSA) is 58.1 Å². The van der Waals surface area contributed by atoms with Gasteiger partial charge in [0.2, 0.25) is 11.0 Å². The Labute approximate surface area is 112 Å². The van der Waals surface area contributed by atoms with Gasteiger partial charge in [0.05, 0.1) is 0 Å². The first-order valence-corrected chi connectivity index (χ1v) is 7.34. The SMILES string of the molecule is CCc1nsc(NCC(C)N2CCCCC2=O)n1. The maximum atomic E-state index is 11.8. The van der Waals surface area contributed by atoms with E-state index < -0.39 is 0 Å². The molecule has 1 saturated heterocycles. The van der Waals surface area contributed by atoms with Crippen LogP contribution in [0.4, 0.5) is 5.13 Å². The van der Waals surface area contributed by atoms with E-state index in [-0.39, 0.29) is 11.9 Å². The molecule has 18 heavy (non-hydrogen) atoms. The predicted octanol–water partition coefficient (Wildman–Crippen LogP) is 1.91. The summed E-state index contributed by atoms with van der Waals surface area (Å²) in [7, 11) is 0. The van der Waals surface area contributed by atoms with E-state index in [2.05, 4.69) is 21.6 Å². The molecule has 1 aromatic rings. The van der Waals surface area contributed by atoms with Gasteiger partial charge in [0.15, 0.2) is 0 Å². The number of nitrogens with zero attached hydrogens (tertiary/aromatic N) is 3. The molecule has 1 N–H and O–H groups in total. The minimum atomic E-state index is 0.215. The zero-order chi connectivity index (χ0) is 13.0. The summed E-state index contributed by atoms with van der Waals surface area (Å²) >= 11 is 1.39. The third-order valence-electron chi connectivity index (χ3n) is 3.23. The van der Waals surface area contributed by atoms with Gasteiger partial charge < -0.3 is 10.2 Å². The molecule has 5 nitrogen and oxygen atoms in total. The first-order valence-electron chi connectivity index (χ1n) is 6.56. The van der Waals surface area contributed by atoms with Crippen LogP contribution in [-0.2, 0) is 11.2 Å². The molecule has 1 atom stereocenters. The van der Waals surface area contributed by atoms with Crippen LogP contribution in [0.25, 0.3) is 0 Å². The Hall–Kier alpha value is -1.17. The van der Waals surface area contributed by atoms with E-state index in [0.717, 1.165) is 43.3 Å². The fourth-order valence-electron chi connectivity index (χ4n) is 2.11. The average Bonchev–Trinajstić information content (AvgIpc) is 2.84. The highest BCUT2D eigenvalue weighted by Gasteiger charge is 2.22. The summed E-state index contributed by atoms with van der Waals surface area (Å²) < 4.78 is 4.23. The number of hydrogen-bond donors (Lipinski definition) is 1. The number of carbonyl (C=O) groups excluding carboxylic acids is 1. The number of likely N-dealkylation sites (tertiary alicyclic amines) is 1. The van der Waals surface area contributed by atoms with Gasteiger partial charge >= 0.3 is 0 Å². The Morgan fingerprint density at radius 3 is 3.00 bits per heavy atom. The van der Waals surface area contributed by atoms with Gasteiger partial charge in [0.1, 0.15) is 5.82 Å². The minimum Gasteiger partial charge on any atom is -0.358 e. The fourth-order valence-corrected chi connectivity index (χ4v) is 2.76. The summed E-state index contributed by atoms with van der Waals surface area (Å²) in [6, 6.07) is 0.215. The lowest BCUT2D eigenvalue weighted by atomic mass is 10.1. The molecule has 2 rings (SSSR count). The zero-order valence-corrected chi connectivity index (χ0v) is 11.8. The van der Waals surface area contributed by atoms with Gasteiger partial charge in [-0.15, -0.1) is 0 Å². The first kappa shape index (κ1) is 13.3. The molecular formula is C12H20N4OS. The van der Waals surface area contributed by atoms with Crippen molar-refractivity contribution in [1.29, 1.82) is 0 Å². The monoisotopic (exact) mass is 268 g/mol. The minimum absolute atomic E-state index is 0.215. The maximum absolute atomic E-state index is 11.8. The Morgan fingerprint density at radius 1 is 1.50 bits per heavy atom. The van der Waals surface area contributed by atoms with Crippen LogP contribution < -0.4 is 5.32 Å². The first-order chi connectivity index (χ1) is 8.70. The van der Waals surface area contributed by atoms with Gasteiger partial charge in [0.25, 0.3) is 0 Å². The molecule has 1 fully saturated rings. The molecule has 1 aromatic heterocycles. The zero-order valence-electron chi connectivity index (χ0n) is 11.0. The highest BCUT2D eigenvalue weighted by atomic mass is 32.1. The van der Waals surface area contributed by atoms with E-state index in [1.807, 2.05) is 11.8 Å². The van der Waals surface area contributed by atoms with Gasteiger partial charge in [-0.2, -0.15) is 4.37 Å². The molecule has 0 bridgehead atoms. The van der Waals surface area contributed by atoms with Crippen molar-refractivity contribution in [3.63, 3.8) is 0 Å². The molecule has 2 heterocycles. The quantitative estimate of drug-likeness (QED) is 0.886. The van der Waals surface area contributed by atoms with Gasteiger partial charge in [-0.1, -0.05) is 6.92 Å². The number of rotatable bonds is 5. The second-order valence-corrected chi connectivity index (χ2v) is 5.40. The molecule has 0 spiro atoms. The Kier molecular flexibility index (Phi) is 4.52. The number of carbonyl (C=O) groups is 1. The third-order valence-corrected chi connectivity index (χ3v) is 3.94. The number of amides is 1. The largest absolute Gasteiger partial charge is 0.358 e. The molecule has 100 valence electrons. The van der Waals surface area contributed by atoms with Crippen molar-refractivity contribution >= 4 is 22.6 Å². The Bertz CT molecular complexity index is 407. The van der Waals surface area contributed by atoms with E-state index in [1.54, 1.807) is 0 Å². The Morgan fingerprint density at radius 2 is 2.33 bits per heavy atom. The molecule has 1 amide bonds. The fraction of sp³-hybridized carbons (Fsp3) is 0.750. The number of nitrogens with one attached hydrogen (secondary N) is 1. The molecule has 0 saturated carbocycles. The van der Waals surface area contributed by atoms with Gasteiger partial charge in [-0.05, 0) is 19.8 Å². The molecule has 1 aliphatic heterocycles. The van der Waals surface area contributed by atoms with Crippen LogP contribution in [0.3, 0.4) is 0 Å². The molecular weight excluding hydrogens is 248 g/mol. The van der Waals surface area contributed by atoms with Crippen LogP contribution >= 0.6 is 11.5 Å². The van der Waals surface area contributed by atoms with Crippen LogP contribution in [-0.4, -0.2) is 39.3 Å². The molecule has 0 aromatic carbocycles. The summed E-state index contributed by atoms with van der Waals surface area (Å²) in [6.07, 6.45) is 3.71. The highest BCUT2D eigenvalue weighted by molar-refractivity contribution is 7.09. The molecule has 6 heteroatoms. The lowest BCUT2D eigenvalue weighted by Gasteiger charge is -2.32. The van der Waals surface area contributed by atoms with Gasteiger partial charge in [-0.25, -0.2) is 4.98 Å². The number of piperidine rings is 1. The second kappa shape index (κ2) is 6.13. The van der Waals surface area contributed by atoms with Crippen LogP contribution in [0.5, 0.6) is 0 Å². The Balaban J connectivity index is 1.83. The van der Waals surface area contributed by atoms with Crippen molar-refractivity contribution in [3.05, 3.63) is 5.82 Å². The van der Waals surface area contributed by atoms with Crippen molar-refractivity contribution in [3.8, 4) is 0 Å². The maximum Gasteiger partial charge on any atom is 0.222 e. The normalized spacial score (nSPS) is 17.9. The lowest BCUT2D eigenvalue weighted by Crippen LogP contribution is -2.44. The summed E-state index contributed by atoms with van der Waals surface area (Å²) in [5, 5.41) is 4.12. The van der Waals surface area contributed by atoms with E-state index in [4.69, 9.17) is 0 Å². The van der Waals surface area contributed by atoms with Crippen molar-refractivity contribution in [2.24, 2.45) is 0 Å². The molecule has 1 aliphatic rings. The van der Waals surface area contributed by atoms with Crippen molar-refractivity contribution < 1.29 is 4.79 Å². The lowest BCUT2D eigenvalue weighted by molar-refractivity contribution is -0.135. The summed E-state index contributed by atoms with van der Waals surface area (Å²) in [5.41, 5.74) is 0. The van der Waals surface area contributed by atoms with Crippen LogP contribution in [0.2, 0.25) is 0 Å². The van der Waals surface area contributed by atoms with Crippen LogP contribution in [0.15, 0.2) is 0 Å². The van der Waals surface area contributed by atoms with Crippen molar-refractivity contribution in [2.45, 2.75) is 45.6 Å². The van der Waals surface area contributed by atoms with Crippen LogP contribution in [0, 0.1) is 0 Å². The number of hydrogen-bond acceptors (Lipinski definition) is 5.